The number of carbonyl (C=O) groups excluding carboxylic acids is 2. The normalized spacial score (nSPS) is 15.5. The van der Waals surface area contributed by atoms with Gasteiger partial charge in [-0.15, -0.1) is 6.58 Å². The number of rotatable bonds is 7. The molecule has 5 rings (SSSR count). The highest BCUT2D eigenvalue weighted by atomic mass is 32.1. The van der Waals surface area contributed by atoms with Crippen LogP contribution in [0.3, 0.4) is 0 Å². The number of likely N-dealkylation sites (tertiary alicyclic amines) is 1. The molecule has 9 heteroatoms. The number of thiazole rings is 1. The van der Waals surface area contributed by atoms with Crippen LogP contribution in [0.25, 0.3) is 11.1 Å². The third-order valence-electron chi connectivity index (χ3n) is 6.53. The lowest BCUT2D eigenvalue weighted by atomic mass is 9.77. The second kappa shape index (κ2) is 8.99. The molecule has 0 bridgehead atoms. The number of aromatic nitrogens is 1. The average Bonchev–Trinajstić information content (AvgIpc) is 3.42. The van der Waals surface area contributed by atoms with Gasteiger partial charge in [0.1, 0.15) is 16.9 Å². The first-order valence-corrected chi connectivity index (χ1v) is 11.9. The van der Waals surface area contributed by atoms with Gasteiger partial charge in [0, 0.05) is 19.0 Å². The Hall–Kier alpha value is -3.98. The molecule has 1 fully saturated rings. The summed E-state index contributed by atoms with van der Waals surface area (Å²) in [6.07, 6.45) is 2.57. The predicted octanol–water partition coefficient (Wildman–Crippen LogP) is 4.61. The number of allylic oxidation sites excluding steroid dienone is 1. The molecule has 0 radical (unpaired) electrons. The highest BCUT2D eigenvalue weighted by Gasteiger charge is 2.50. The zero-order chi connectivity index (χ0) is 24.6. The third kappa shape index (κ3) is 4.08. The lowest BCUT2D eigenvalue weighted by molar-refractivity contribution is -0.157. The molecule has 178 valence electrons. The second-order valence-electron chi connectivity index (χ2n) is 8.72. The number of nitrogens with zero attached hydrogens (tertiary/aromatic N) is 2. The Kier molecular flexibility index (Phi) is 5.86. The summed E-state index contributed by atoms with van der Waals surface area (Å²) in [6, 6.07) is 16.2. The number of carboxylic acids is 1. The van der Waals surface area contributed by atoms with Crippen LogP contribution in [0.2, 0.25) is 0 Å². The molecule has 0 unspecified atom stereocenters. The van der Waals surface area contributed by atoms with Crippen molar-refractivity contribution in [3.63, 3.8) is 0 Å². The van der Waals surface area contributed by atoms with Gasteiger partial charge in [0.05, 0.1) is 6.20 Å². The molecule has 0 saturated carbocycles. The number of ether oxygens (including phenoxy) is 1. The van der Waals surface area contributed by atoms with E-state index in [1.165, 1.54) is 11.1 Å². The largest absolute Gasteiger partial charge is 0.481 e. The van der Waals surface area contributed by atoms with Gasteiger partial charge >= 0.3 is 12.1 Å². The SMILES string of the molecule is C=CCC1(C(=O)O)CN(C(=O)c2cnc(NC(=O)OCC3c4ccccc4-c4ccccc43)s2)C1. The van der Waals surface area contributed by atoms with Crippen LogP contribution in [0.1, 0.15) is 33.1 Å². The Labute approximate surface area is 205 Å². The number of nitrogens with one attached hydrogen (secondary N) is 1. The number of benzene rings is 2. The molecule has 0 atom stereocenters. The van der Waals surface area contributed by atoms with Gasteiger partial charge < -0.3 is 14.7 Å². The van der Waals surface area contributed by atoms with E-state index < -0.39 is 17.5 Å². The quantitative estimate of drug-likeness (QED) is 0.469. The number of fused-ring (bicyclic) bond motifs is 3. The van der Waals surface area contributed by atoms with Gasteiger partial charge in [-0.25, -0.2) is 9.78 Å². The van der Waals surface area contributed by atoms with Crippen LogP contribution in [0.5, 0.6) is 0 Å². The minimum Gasteiger partial charge on any atom is -0.481 e. The van der Waals surface area contributed by atoms with Crippen LogP contribution in [-0.2, 0) is 9.53 Å². The Morgan fingerprint density at radius 2 is 1.77 bits per heavy atom. The smallest absolute Gasteiger partial charge is 0.413 e. The van der Waals surface area contributed by atoms with Gasteiger partial charge in [-0.2, -0.15) is 0 Å². The van der Waals surface area contributed by atoms with Crippen molar-refractivity contribution in [1.82, 2.24) is 9.88 Å². The summed E-state index contributed by atoms with van der Waals surface area (Å²) >= 11 is 1.02. The van der Waals surface area contributed by atoms with Crippen LogP contribution in [0.4, 0.5) is 9.93 Å². The molecular weight excluding hydrogens is 466 g/mol. The standard InChI is InChI=1S/C26H23N3O5S/c1-2-11-26(23(31)32)14-29(15-26)22(30)21-12-27-24(35-21)28-25(33)34-13-20-18-9-5-3-7-16(18)17-8-4-6-10-19(17)20/h2-10,12,20H,1,11,13-15H2,(H,31,32)(H,27,28,33). The fourth-order valence-electron chi connectivity index (χ4n) is 4.76. The minimum atomic E-state index is -0.982. The fourth-order valence-corrected chi connectivity index (χ4v) is 5.53. The maximum Gasteiger partial charge on any atom is 0.413 e. The van der Waals surface area contributed by atoms with E-state index >= 15 is 0 Å². The Balaban J connectivity index is 1.19. The van der Waals surface area contributed by atoms with Crippen molar-refractivity contribution >= 4 is 34.4 Å². The molecule has 2 amide bonds. The zero-order valence-electron chi connectivity index (χ0n) is 18.8. The Morgan fingerprint density at radius 3 is 2.37 bits per heavy atom. The van der Waals surface area contributed by atoms with Crippen molar-refractivity contribution in [2.45, 2.75) is 12.3 Å². The summed E-state index contributed by atoms with van der Waals surface area (Å²) in [5, 5.41) is 12.3. The first-order valence-electron chi connectivity index (χ1n) is 11.1. The first kappa shape index (κ1) is 22.8. The fraction of sp³-hybridized carbons (Fsp3) is 0.231. The number of hydrogen-bond acceptors (Lipinski definition) is 6. The number of carbonyl (C=O) groups is 3. The molecule has 2 aromatic carbocycles. The molecule has 2 N–H and O–H groups in total. The molecule has 1 aliphatic carbocycles. The minimum absolute atomic E-state index is 0.0573. The number of anilines is 1. The molecule has 2 aliphatic rings. The predicted molar refractivity (Wildman–Crippen MR) is 132 cm³/mol. The van der Waals surface area contributed by atoms with Crippen molar-refractivity contribution in [1.29, 1.82) is 0 Å². The molecule has 3 aromatic rings. The molecule has 1 saturated heterocycles. The summed E-state index contributed by atoms with van der Waals surface area (Å²) in [5.74, 6) is -1.31. The topological polar surface area (TPSA) is 109 Å². The summed E-state index contributed by atoms with van der Waals surface area (Å²) in [5.41, 5.74) is 3.54. The number of hydrogen-bond donors (Lipinski definition) is 2. The number of amides is 2. The Bertz CT molecular complexity index is 1280. The molecular formula is C26H23N3O5S. The van der Waals surface area contributed by atoms with Gasteiger partial charge in [-0.05, 0) is 28.7 Å². The number of aliphatic carboxylic acids is 1. The summed E-state index contributed by atoms with van der Waals surface area (Å²) in [4.78, 5) is 42.6. The molecule has 8 nitrogen and oxygen atoms in total. The highest BCUT2D eigenvalue weighted by molar-refractivity contribution is 7.17. The maximum absolute atomic E-state index is 12.7. The van der Waals surface area contributed by atoms with Gasteiger partial charge in [0.2, 0.25) is 0 Å². The van der Waals surface area contributed by atoms with E-state index in [1.54, 1.807) is 6.08 Å². The van der Waals surface area contributed by atoms with Gasteiger partial charge in [0.15, 0.2) is 5.13 Å². The van der Waals surface area contributed by atoms with Crippen LogP contribution < -0.4 is 5.32 Å². The van der Waals surface area contributed by atoms with E-state index in [4.69, 9.17) is 4.74 Å². The molecule has 35 heavy (non-hydrogen) atoms. The van der Waals surface area contributed by atoms with Gasteiger partial charge in [-0.3, -0.25) is 14.9 Å². The molecule has 1 aliphatic heterocycles. The summed E-state index contributed by atoms with van der Waals surface area (Å²) < 4.78 is 5.52. The van der Waals surface area contributed by atoms with E-state index in [0.717, 1.165) is 33.6 Å². The second-order valence-corrected chi connectivity index (χ2v) is 9.75. The number of carboxylic acid groups (broad SMARTS) is 1. The maximum atomic E-state index is 12.7. The van der Waals surface area contributed by atoms with Crippen molar-refractivity contribution < 1.29 is 24.2 Å². The van der Waals surface area contributed by atoms with E-state index in [9.17, 15) is 19.5 Å². The third-order valence-corrected chi connectivity index (χ3v) is 7.43. The lowest BCUT2D eigenvalue weighted by Gasteiger charge is -2.46. The zero-order valence-corrected chi connectivity index (χ0v) is 19.6. The van der Waals surface area contributed by atoms with E-state index in [-0.39, 0.29) is 36.7 Å². The summed E-state index contributed by atoms with van der Waals surface area (Å²) in [6.45, 7) is 4.00. The van der Waals surface area contributed by atoms with Gasteiger partial charge in [0.25, 0.3) is 5.91 Å². The molecule has 1 aromatic heterocycles. The van der Waals surface area contributed by atoms with Crippen molar-refractivity contribution in [2.24, 2.45) is 5.41 Å². The highest BCUT2D eigenvalue weighted by Crippen LogP contribution is 2.44. The van der Waals surface area contributed by atoms with Crippen molar-refractivity contribution in [2.75, 3.05) is 25.0 Å². The van der Waals surface area contributed by atoms with E-state index in [1.807, 2.05) is 36.4 Å². The van der Waals surface area contributed by atoms with Crippen LogP contribution in [0, 0.1) is 5.41 Å². The van der Waals surface area contributed by atoms with Crippen LogP contribution >= 0.6 is 11.3 Å². The van der Waals surface area contributed by atoms with Gasteiger partial charge in [-0.1, -0.05) is 65.9 Å². The lowest BCUT2D eigenvalue weighted by Crippen LogP contribution is -2.61. The molecule has 2 heterocycles. The van der Waals surface area contributed by atoms with Crippen molar-refractivity contribution in [3.8, 4) is 11.1 Å². The van der Waals surface area contributed by atoms with E-state index in [0.29, 0.717) is 11.3 Å². The molecule has 0 spiro atoms. The monoisotopic (exact) mass is 489 g/mol. The average molecular weight is 490 g/mol. The Morgan fingerprint density at radius 1 is 1.14 bits per heavy atom. The van der Waals surface area contributed by atoms with E-state index in [2.05, 4.69) is 29.0 Å². The van der Waals surface area contributed by atoms with Crippen LogP contribution in [0.15, 0.2) is 67.4 Å². The first-order chi connectivity index (χ1) is 16.9. The van der Waals surface area contributed by atoms with Crippen LogP contribution in [-0.4, -0.2) is 52.7 Å². The van der Waals surface area contributed by atoms with Crippen molar-refractivity contribution in [3.05, 3.63) is 83.4 Å². The summed E-state index contributed by atoms with van der Waals surface area (Å²) in [7, 11) is 0.